The Balaban J connectivity index is 1.37. The van der Waals surface area contributed by atoms with Crippen molar-refractivity contribution in [1.29, 1.82) is 0 Å². The summed E-state index contributed by atoms with van der Waals surface area (Å²) in [6.07, 6.45) is 0.0191. The number of nitrogens with one attached hydrogen (secondary N) is 1. The molecule has 2 aliphatic rings. The van der Waals surface area contributed by atoms with Gasteiger partial charge in [-0.15, -0.1) is 10.2 Å². The number of anilines is 1. The van der Waals surface area contributed by atoms with E-state index in [1.807, 2.05) is 0 Å². The summed E-state index contributed by atoms with van der Waals surface area (Å²) in [5, 5.41) is 15.1. The zero-order valence-corrected chi connectivity index (χ0v) is 18.8. The Kier molecular flexibility index (Phi) is 4.98. The maximum Gasteiger partial charge on any atom is 0.281 e. The van der Waals surface area contributed by atoms with Crippen molar-refractivity contribution in [3.8, 4) is 17.0 Å². The van der Waals surface area contributed by atoms with E-state index in [9.17, 15) is 13.2 Å². The Morgan fingerprint density at radius 1 is 1.31 bits per heavy atom. The zero-order chi connectivity index (χ0) is 25.0. The molecule has 13 heteroatoms. The van der Waals surface area contributed by atoms with Gasteiger partial charge in [-0.3, -0.25) is 4.90 Å². The molecule has 184 valence electrons. The van der Waals surface area contributed by atoms with Crippen LogP contribution in [0.5, 0.6) is 5.88 Å². The van der Waals surface area contributed by atoms with Crippen LogP contribution in [0, 0.1) is 0 Å². The van der Waals surface area contributed by atoms with Crippen LogP contribution in [0.1, 0.15) is 1.37 Å². The summed E-state index contributed by atoms with van der Waals surface area (Å²) in [5.41, 5.74) is 2.95. The number of ether oxygens (including phenoxy) is 2. The van der Waals surface area contributed by atoms with E-state index >= 15 is 0 Å². The van der Waals surface area contributed by atoms with Crippen molar-refractivity contribution in [1.82, 2.24) is 34.5 Å². The van der Waals surface area contributed by atoms with Gasteiger partial charge in [0.05, 0.1) is 46.3 Å². The lowest BCUT2D eigenvalue weighted by atomic mass is 10.1. The third kappa shape index (κ3) is 3.74. The van der Waals surface area contributed by atoms with Gasteiger partial charge in [-0.1, -0.05) is 11.3 Å². The average Bonchev–Trinajstić information content (AvgIpc) is 3.46. The van der Waals surface area contributed by atoms with Crippen LogP contribution < -0.4 is 10.1 Å². The molecule has 0 aliphatic carbocycles. The van der Waals surface area contributed by atoms with Crippen molar-refractivity contribution < 1.29 is 24.0 Å². The number of benzene rings is 1. The molecule has 0 saturated carbocycles. The second-order valence-corrected chi connectivity index (χ2v) is 8.68. The number of hydrogen-bond donors (Lipinski definition) is 1. The van der Waals surface area contributed by atoms with Crippen LogP contribution in [0.25, 0.3) is 27.7 Å². The fourth-order valence-electron chi connectivity index (χ4n) is 4.56. The third-order valence-electron chi connectivity index (χ3n) is 6.50. The fraction of sp³-hybridized carbons (Fsp3) is 0.455. The number of aryl methyl sites for hydroxylation is 1. The van der Waals surface area contributed by atoms with E-state index in [0.717, 1.165) is 0 Å². The molecule has 0 amide bonds. The predicted octanol–water partition coefficient (Wildman–Crippen LogP) is 2.25. The quantitative estimate of drug-likeness (QED) is 0.423. The van der Waals surface area contributed by atoms with E-state index in [0.29, 0.717) is 40.9 Å². The maximum atomic E-state index is 14.7. The Bertz CT molecular complexity index is 1440. The van der Waals surface area contributed by atoms with Gasteiger partial charge in [0.25, 0.3) is 5.92 Å². The van der Waals surface area contributed by atoms with E-state index in [2.05, 4.69) is 25.7 Å². The molecule has 2 saturated heterocycles. The van der Waals surface area contributed by atoms with Gasteiger partial charge in [-0.05, 0) is 23.8 Å². The van der Waals surface area contributed by atoms with E-state index in [-0.39, 0.29) is 43.7 Å². The Hall–Kier alpha value is -3.45. The van der Waals surface area contributed by atoms with Crippen molar-refractivity contribution in [2.24, 2.45) is 0 Å². The first-order valence-electron chi connectivity index (χ1n) is 11.7. The first-order chi connectivity index (χ1) is 17.4. The van der Waals surface area contributed by atoms with Gasteiger partial charge in [-0.25, -0.2) is 22.4 Å². The van der Waals surface area contributed by atoms with Crippen LogP contribution in [-0.4, -0.2) is 92.6 Å². The van der Waals surface area contributed by atoms with Crippen molar-refractivity contribution in [3.05, 3.63) is 30.4 Å². The number of alkyl halides is 3. The number of halogens is 3. The third-order valence-corrected chi connectivity index (χ3v) is 6.50. The normalized spacial score (nSPS) is 20.9. The minimum atomic E-state index is -2.99. The minimum absolute atomic E-state index is 0.0128. The van der Waals surface area contributed by atoms with Gasteiger partial charge >= 0.3 is 0 Å². The van der Waals surface area contributed by atoms with Crippen LogP contribution in [0.15, 0.2) is 30.4 Å². The molecule has 10 nitrogen and oxygen atoms in total. The Morgan fingerprint density at radius 3 is 2.91 bits per heavy atom. The lowest BCUT2D eigenvalue weighted by molar-refractivity contribution is -0.0711. The van der Waals surface area contributed by atoms with Crippen LogP contribution in [0.3, 0.4) is 0 Å². The summed E-state index contributed by atoms with van der Waals surface area (Å²) >= 11 is 0. The molecule has 5 heterocycles. The van der Waals surface area contributed by atoms with Crippen LogP contribution in [0.4, 0.5) is 19.1 Å². The summed E-state index contributed by atoms with van der Waals surface area (Å²) in [6.45, 7) is 0.131. The number of aromatic nitrogens is 6. The van der Waals surface area contributed by atoms with Crippen molar-refractivity contribution in [2.45, 2.75) is 24.6 Å². The molecule has 35 heavy (non-hydrogen) atoms. The number of fused-ring (bicyclic) bond motifs is 2. The van der Waals surface area contributed by atoms with Crippen LogP contribution in [0.2, 0.25) is 0 Å². The van der Waals surface area contributed by atoms with Gasteiger partial charge in [0.1, 0.15) is 23.7 Å². The largest absolute Gasteiger partial charge is 0.479 e. The molecule has 0 unspecified atom stereocenters. The fourth-order valence-corrected chi connectivity index (χ4v) is 4.56. The summed E-state index contributed by atoms with van der Waals surface area (Å²) in [4.78, 5) is 6.05. The number of hydrogen-bond acceptors (Lipinski definition) is 8. The molecule has 1 aromatic carbocycles. The van der Waals surface area contributed by atoms with Gasteiger partial charge in [-0.2, -0.15) is 4.98 Å². The van der Waals surface area contributed by atoms with E-state index in [4.69, 9.17) is 10.8 Å². The first kappa shape index (κ1) is 20.9. The molecule has 6 rings (SSSR count). The van der Waals surface area contributed by atoms with Gasteiger partial charge < -0.3 is 14.8 Å². The molecule has 2 fully saturated rings. The number of nitrogens with zero attached hydrogens (tertiary/aromatic N) is 7. The average molecular weight is 489 g/mol. The monoisotopic (exact) mass is 489 g/mol. The highest BCUT2D eigenvalue weighted by atomic mass is 19.3. The van der Waals surface area contributed by atoms with Gasteiger partial charge in [0, 0.05) is 18.3 Å². The predicted molar refractivity (Wildman–Crippen MR) is 121 cm³/mol. The summed E-state index contributed by atoms with van der Waals surface area (Å²) < 4.78 is 64.3. The van der Waals surface area contributed by atoms with Gasteiger partial charge in [0.2, 0.25) is 11.8 Å². The second kappa shape index (κ2) is 8.34. The molecule has 2 aliphatic heterocycles. The summed E-state index contributed by atoms with van der Waals surface area (Å²) in [6, 6.07) is 5.72. The standard InChI is InChI=1S/C22H23F3N8O2/c1-34-20-19-15(13-2-3-16-17(8-13)32(7-5-23)30-28-16)4-6-33(19)29-21(27-20)26-18-9-31(12-22(18,24)25)14-10-35-11-14/h2-4,6,8,14,18H,5,7,9-12H2,1H3,(H,26,29)/t18-/m1/s1/i6D. The molecular formula is C22H23F3N8O2. The van der Waals surface area contributed by atoms with Crippen LogP contribution >= 0.6 is 0 Å². The van der Waals surface area contributed by atoms with Crippen LogP contribution in [-0.2, 0) is 11.3 Å². The molecule has 4 aromatic rings. The highest BCUT2D eigenvalue weighted by Gasteiger charge is 2.51. The lowest BCUT2D eigenvalue weighted by Gasteiger charge is -2.34. The SMILES string of the molecule is [2H]c1cc(-c2ccc3nnn(CCF)c3c2)c2c(OC)nc(N[C@@H]3CN(C4COC4)CC3(F)F)nn12. The summed E-state index contributed by atoms with van der Waals surface area (Å²) in [5.74, 6) is -2.92. The van der Waals surface area contributed by atoms with E-state index in [1.54, 1.807) is 29.2 Å². The van der Waals surface area contributed by atoms with Crippen molar-refractivity contribution in [3.63, 3.8) is 0 Å². The molecule has 1 N–H and O–H groups in total. The summed E-state index contributed by atoms with van der Waals surface area (Å²) in [7, 11) is 1.42. The number of likely N-dealkylation sites (tertiary alicyclic amines) is 1. The maximum absolute atomic E-state index is 14.7. The highest BCUT2D eigenvalue weighted by molar-refractivity contribution is 5.89. The van der Waals surface area contributed by atoms with E-state index in [1.165, 1.54) is 16.3 Å². The minimum Gasteiger partial charge on any atom is -0.479 e. The van der Waals surface area contributed by atoms with Crippen molar-refractivity contribution in [2.75, 3.05) is 45.4 Å². The Labute approximate surface area is 199 Å². The number of rotatable bonds is 7. The first-order valence-corrected chi connectivity index (χ1v) is 11.2. The molecule has 0 spiro atoms. The zero-order valence-electron chi connectivity index (χ0n) is 19.8. The second-order valence-electron chi connectivity index (χ2n) is 8.68. The van der Waals surface area contributed by atoms with E-state index < -0.39 is 18.6 Å². The highest BCUT2D eigenvalue weighted by Crippen LogP contribution is 2.35. The molecule has 1 atom stereocenters. The molecular weight excluding hydrogens is 465 g/mol. The molecule has 3 aromatic heterocycles. The lowest BCUT2D eigenvalue weighted by Crippen LogP contribution is -2.48. The number of methoxy groups -OCH3 is 1. The topological polar surface area (TPSA) is 94.6 Å². The van der Waals surface area contributed by atoms with Crippen molar-refractivity contribution >= 4 is 22.5 Å². The van der Waals surface area contributed by atoms with Gasteiger partial charge in [0.15, 0.2) is 0 Å². The molecule has 0 radical (unpaired) electrons. The Morgan fingerprint density at radius 2 is 2.17 bits per heavy atom. The smallest absolute Gasteiger partial charge is 0.281 e. The molecule has 0 bridgehead atoms.